The predicted octanol–water partition coefficient (Wildman–Crippen LogP) is 5.08. The van der Waals surface area contributed by atoms with Gasteiger partial charge < -0.3 is 4.52 Å². The molecule has 5 heteroatoms. The lowest BCUT2D eigenvalue weighted by atomic mass is 9.89. The minimum absolute atomic E-state index is 0.0679. The van der Waals surface area contributed by atoms with Crippen LogP contribution in [0.2, 0.25) is 0 Å². The summed E-state index contributed by atoms with van der Waals surface area (Å²) >= 11 is 0. The second-order valence-electron chi connectivity index (χ2n) is 8.94. The Hall–Kier alpha value is -2.79. The SMILES string of the molecule is CC(C)CC(=O)[C@@H]1CCCN(Cc2nc(C(c3ccccc3)c3ccccc3)no2)C1. The van der Waals surface area contributed by atoms with Gasteiger partial charge in [-0.3, -0.25) is 9.69 Å². The number of hydrogen-bond donors (Lipinski definition) is 0. The van der Waals surface area contributed by atoms with Gasteiger partial charge in [0.05, 0.1) is 12.5 Å². The van der Waals surface area contributed by atoms with E-state index in [1.807, 2.05) is 36.4 Å². The lowest BCUT2D eigenvalue weighted by molar-refractivity contribution is -0.125. The molecule has 1 aliphatic rings. The van der Waals surface area contributed by atoms with Crippen LogP contribution in [0, 0.1) is 11.8 Å². The van der Waals surface area contributed by atoms with Gasteiger partial charge in [-0.2, -0.15) is 4.98 Å². The molecule has 5 nitrogen and oxygen atoms in total. The fraction of sp³-hybridized carbons (Fsp3) is 0.423. The van der Waals surface area contributed by atoms with Crippen molar-refractivity contribution in [3.63, 3.8) is 0 Å². The number of piperidine rings is 1. The van der Waals surface area contributed by atoms with E-state index in [0.29, 0.717) is 36.4 Å². The number of rotatable bonds is 8. The molecule has 1 saturated heterocycles. The summed E-state index contributed by atoms with van der Waals surface area (Å²) in [5, 5.41) is 4.35. The largest absolute Gasteiger partial charge is 0.338 e. The van der Waals surface area contributed by atoms with Crippen LogP contribution >= 0.6 is 0 Å². The monoisotopic (exact) mass is 417 g/mol. The summed E-state index contributed by atoms with van der Waals surface area (Å²) in [6, 6.07) is 20.6. The maximum atomic E-state index is 12.5. The Labute approximate surface area is 184 Å². The number of carbonyl (C=O) groups excluding carboxylic acids is 1. The molecule has 0 aliphatic carbocycles. The molecule has 3 aromatic rings. The van der Waals surface area contributed by atoms with Crippen LogP contribution < -0.4 is 0 Å². The van der Waals surface area contributed by atoms with Gasteiger partial charge in [0.25, 0.3) is 0 Å². The third-order valence-corrected chi connectivity index (χ3v) is 5.94. The third kappa shape index (κ3) is 5.47. The predicted molar refractivity (Wildman–Crippen MR) is 121 cm³/mol. The smallest absolute Gasteiger partial charge is 0.240 e. The summed E-state index contributed by atoms with van der Waals surface area (Å²) in [6.45, 7) is 6.55. The Balaban J connectivity index is 1.49. The minimum Gasteiger partial charge on any atom is -0.338 e. The first-order chi connectivity index (χ1) is 15.1. The summed E-state index contributed by atoms with van der Waals surface area (Å²) in [7, 11) is 0. The summed E-state index contributed by atoms with van der Waals surface area (Å²) in [4.78, 5) is 19.6. The fourth-order valence-electron chi connectivity index (χ4n) is 4.45. The van der Waals surface area contributed by atoms with E-state index in [1.54, 1.807) is 0 Å². The number of carbonyl (C=O) groups is 1. The van der Waals surface area contributed by atoms with Gasteiger partial charge in [0.15, 0.2) is 5.82 Å². The first-order valence-corrected chi connectivity index (χ1v) is 11.3. The molecule has 1 fully saturated rings. The van der Waals surface area contributed by atoms with Crippen LogP contribution in [0.4, 0.5) is 0 Å². The standard InChI is InChI=1S/C26H31N3O2/c1-19(2)16-23(30)22-14-9-15-29(17-22)18-24-27-26(28-31-24)25(20-10-5-3-6-11-20)21-12-7-4-8-13-21/h3-8,10-13,19,22,25H,9,14-18H2,1-2H3/t22-/m1/s1. The molecular weight excluding hydrogens is 386 g/mol. The van der Waals surface area contributed by atoms with Crippen LogP contribution in [-0.2, 0) is 11.3 Å². The summed E-state index contributed by atoms with van der Waals surface area (Å²) < 4.78 is 5.66. The molecule has 0 amide bonds. The maximum absolute atomic E-state index is 12.5. The van der Waals surface area contributed by atoms with Crippen molar-refractivity contribution < 1.29 is 9.32 Å². The highest BCUT2D eigenvalue weighted by molar-refractivity contribution is 5.81. The molecule has 0 N–H and O–H groups in total. The molecule has 4 rings (SSSR count). The third-order valence-electron chi connectivity index (χ3n) is 5.94. The number of benzene rings is 2. The van der Waals surface area contributed by atoms with Crippen LogP contribution in [0.3, 0.4) is 0 Å². The summed E-state index contributed by atoms with van der Waals surface area (Å²) in [5.41, 5.74) is 2.27. The quantitative estimate of drug-likeness (QED) is 0.512. The maximum Gasteiger partial charge on any atom is 0.240 e. The Morgan fingerprint density at radius 1 is 1.06 bits per heavy atom. The molecule has 0 spiro atoms. The molecule has 1 aromatic heterocycles. The van der Waals surface area contributed by atoms with Crippen molar-refractivity contribution in [3.8, 4) is 0 Å². The molecule has 0 saturated carbocycles. The number of aromatic nitrogens is 2. The number of likely N-dealkylation sites (tertiary alicyclic amines) is 1. The zero-order valence-electron chi connectivity index (χ0n) is 18.4. The van der Waals surface area contributed by atoms with E-state index in [0.717, 1.165) is 37.1 Å². The zero-order chi connectivity index (χ0) is 21.6. The topological polar surface area (TPSA) is 59.2 Å². The Bertz CT molecular complexity index is 929. The highest BCUT2D eigenvalue weighted by Crippen LogP contribution is 2.30. The first kappa shape index (κ1) is 21.4. The van der Waals surface area contributed by atoms with Gasteiger partial charge in [0.1, 0.15) is 5.78 Å². The molecule has 0 bridgehead atoms. The molecule has 1 aliphatic heterocycles. The highest BCUT2D eigenvalue weighted by Gasteiger charge is 2.28. The van der Waals surface area contributed by atoms with Gasteiger partial charge in [-0.25, -0.2) is 0 Å². The van der Waals surface area contributed by atoms with Crippen molar-refractivity contribution in [2.75, 3.05) is 13.1 Å². The van der Waals surface area contributed by atoms with Crippen molar-refractivity contribution in [2.45, 2.75) is 45.6 Å². The second kappa shape index (κ2) is 10.0. The van der Waals surface area contributed by atoms with Crippen molar-refractivity contribution in [2.24, 2.45) is 11.8 Å². The Morgan fingerprint density at radius 3 is 2.32 bits per heavy atom. The van der Waals surface area contributed by atoms with Crippen molar-refractivity contribution >= 4 is 5.78 Å². The molecule has 2 heterocycles. The lowest BCUT2D eigenvalue weighted by Crippen LogP contribution is -2.38. The molecular formula is C26H31N3O2. The van der Waals surface area contributed by atoms with Crippen LogP contribution in [0.5, 0.6) is 0 Å². The van der Waals surface area contributed by atoms with Gasteiger partial charge in [-0.05, 0) is 36.4 Å². The Kier molecular flexibility index (Phi) is 6.92. The molecule has 0 radical (unpaired) electrons. The lowest BCUT2D eigenvalue weighted by Gasteiger charge is -2.31. The molecule has 1 atom stereocenters. The van der Waals surface area contributed by atoms with Crippen LogP contribution in [0.15, 0.2) is 65.2 Å². The molecule has 2 aromatic carbocycles. The van der Waals surface area contributed by atoms with Gasteiger partial charge >= 0.3 is 0 Å². The zero-order valence-corrected chi connectivity index (χ0v) is 18.4. The average Bonchev–Trinajstić information content (AvgIpc) is 3.23. The van der Waals surface area contributed by atoms with Crippen LogP contribution in [-0.4, -0.2) is 33.9 Å². The average molecular weight is 418 g/mol. The number of Topliss-reactive ketones (excluding diaryl/α,β-unsaturated/α-hetero) is 1. The molecule has 31 heavy (non-hydrogen) atoms. The second-order valence-corrected chi connectivity index (χ2v) is 8.94. The Morgan fingerprint density at radius 2 is 1.71 bits per heavy atom. The van der Waals surface area contributed by atoms with Gasteiger partial charge in [0, 0.05) is 18.9 Å². The van der Waals surface area contributed by atoms with Crippen LogP contribution in [0.1, 0.15) is 61.9 Å². The summed E-state index contributed by atoms with van der Waals surface area (Å²) in [6.07, 6.45) is 2.69. The van der Waals surface area contributed by atoms with Gasteiger partial charge in [-0.15, -0.1) is 0 Å². The van der Waals surface area contributed by atoms with E-state index >= 15 is 0 Å². The molecule has 0 unspecified atom stereocenters. The van der Waals surface area contributed by atoms with E-state index in [-0.39, 0.29) is 11.8 Å². The van der Waals surface area contributed by atoms with E-state index in [2.05, 4.69) is 48.2 Å². The minimum atomic E-state index is -0.0679. The van der Waals surface area contributed by atoms with E-state index < -0.39 is 0 Å². The van der Waals surface area contributed by atoms with E-state index in [9.17, 15) is 4.79 Å². The van der Waals surface area contributed by atoms with Gasteiger partial charge in [0.2, 0.25) is 5.89 Å². The van der Waals surface area contributed by atoms with E-state index in [1.165, 1.54) is 0 Å². The van der Waals surface area contributed by atoms with Crippen LogP contribution in [0.25, 0.3) is 0 Å². The van der Waals surface area contributed by atoms with Crippen molar-refractivity contribution in [3.05, 3.63) is 83.5 Å². The first-order valence-electron chi connectivity index (χ1n) is 11.3. The fourth-order valence-corrected chi connectivity index (χ4v) is 4.45. The van der Waals surface area contributed by atoms with Gasteiger partial charge in [-0.1, -0.05) is 79.7 Å². The van der Waals surface area contributed by atoms with Crippen molar-refractivity contribution in [1.82, 2.24) is 15.0 Å². The number of nitrogens with zero attached hydrogens (tertiary/aromatic N) is 3. The highest BCUT2D eigenvalue weighted by atomic mass is 16.5. The van der Waals surface area contributed by atoms with E-state index in [4.69, 9.17) is 9.51 Å². The normalized spacial score (nSPS) is 17.4. The number of hydrogen-bond acceptors (Lipinski definition) is 5. The number of ketones is 1. The van der Waals surface area contributed by atoms with Crippen molar-refractivity contribution in [1.29, 1.82) is 0 Å². The summed E-state index contributed by atoms with van der Waals surface area (Å²) in [5.74, 6) is 2.15. The molecule has 162 valence electrons.